The summed E-state index contributed by atoms with van der Waals surface area (Å²) >= 11 is 0. The van der Waals surface area contributed by atoms with Crippen molar-refractivity contribution in [1.29, 1.82) is 0 Å². The van der Waals surface area contributed by atoms with E-state index in [1.54, 1.807) is 44.2 Å². The van der Waals surface area contributed by atoms with Gasteiger partial charge in [-0.3, -0.25) is 9.79 Å². The van der Waals surface area contributed by atoms with Gasteiger partial charge in [0.1, 0.15) is 12.5 Å². The third-order valence-corrected chi connectivity index (χ3v) is 5.40. The fourth-order valence-corrected chi connectivity index (χ4v) is 3.91. The van der Waals surface area contributed by atoms with Gasteiger partial charge in [0.15, 0.2) is 0 Å². The summed E-state index contributed by atoms with van der Waals surface area (Å²) in [5.41, 5.74) is 2.62. The van der Waals surface area contributed by atoms with Crippen molar-refractivity contribution in [3.05, 3.63) is 88.6 Å². The molecule has 7 nitrogen and oxygen atoms in total. The van der Waals surface area contributed by atoms with Gasteiger partial charge in [-0.15, -0.1) is 0 Å². The normalized spacial score (nSPS) is 18.1. The molecule has 0 amide bonds. The Hall–Kier alpha value is -4.00. The van der Waals surface area contributed by atoms with Crippen molar-refractivity contribution in [2.24, 2.45) is 10.9 Å². The standard InChI is InChI=1S/C26H25NO6/c1-16-21(24(28)29)23(19-12-7-13-20(15-19)25(30)32-3)22(17(2)27-16)26(31)33-14-8-11-18-9-5-4-6-10-18/h4-13,15,21,23H,14H2,1-3H3,(H,28,29). The van der Waals surface area contributed by atoms with Crippen LogP contribution in [0, 0.1) is 5.92 Å². The molecule has 170 valence electrons. The second-order valence-electron chi connectivity index (χ2n) is 7.57. The summed E-state index contributed by atoms with van der Waals surface area (Å²) in [6, 6.07) is 16.0. The highest BCUT2D eigenvalue weighted by Gasteiger charge is 2.41. The lowest BCUT2D eigenvalue weighted by Crippen LogP contribution is -2.35. The molecule has 0 aromatic heterocycles. The summed E-state index contributed by atoms with van der Waals surface area (Å²) in [6.45, 7) is 3.28. The number of carboxylic acids is 1. The lowest BCUT2D eigenvalue weighted by molar-refractivity contribution is -0.140. The molecule has 0 bridgehead atoms. The van der Waals surface area contributed by atoms with Crippen LogP contribution >= 0.6 is 0 Å². The minimum Gasteiger partial charge on any atom is -0.481 e. The van der Waals surface area contributed by atoms with E-state index < -0.39 is 29.7 Å². The molecule has 0 aliphatic carbocycles. The van der Waals surface area contributed by atoms with Crippen molar-refractivity contribution >= 4 is 29.7 Å². The lowest BCUT2D eigenvalue weighted by atomic mass is 9.75. The molecule has 1 N–H and O–H groups in total. The topological polar surface area (TPSA) is 102 Å². The van der Waals surface area contributed by atoms with Crippen molar-refractivity contribution in [3.8, 4) is 0 Å². The smallest absolute Gasteiger partial charge is 0.337 e. The Morgan fingerprint density at radius 1 is 1.03 bits per heavy atom. The molecule has 33 heavy (non-hydrogen) atoms. The first-order valence-electron chi connectivity index (χ1n) is 10.4. The highest BCUT2D eigenvalue weighted by molar-refractivity contribution is 6.06. The molecule has 0 spiro atoms. The zero-order valence-corrected chi connectivity index (χ0v) is 18.6. The molecule has 2 aromatic carbocycles. The fraction of sp³-hybridized carbons (Fsp3) is 0.231. The van der Waals surface area contributed by atoms with Crippen molar-refractivity contribution in [1.82, 2.24) is 0 Å². The van der Waals surface area contributed by atoms with E-state index in [9.17, 15) is 19.5 Å². The molecule has 2 unspecified atom stereocenters. The molecule has 2 aromatic rings. The van der Waals surface area contributed by atoms with Crippen LogP contribution in [0.2, 0.25) is 0 Å². The Morgan fingerprint density at radius 3 is 2.42 bits per heavy atom. The van der Waals surface area contributed by atoms with Gasteiger partial charge < -0.3 is 14.6 Å². The molecule has 0 saturated heterocycles. The second kappa shape index (κ2) is 10.5. The number of methoxy groups -OCH3 is 1. The van der Waals surface area contributed by atoms with Gasteiger partial charge in [-0.25, -0.2) is 9.59 Å². The number of carbonyl (C=O) groups excluding carboxylic acids is 2. The number of carbonyl (C=O) groups is 3. The Morgan fingerprint density at radius 2 is 1.76 bits per heavy atom. The van der Waals surface area contributed by atoms with Crippen LogP contribution in [-0.4, -0.2) is 42.4 Å². The first-order valence-corrected chi connectivity index (χ1v) is 10.4. The summed E-state index contributed by atoms with van der Waals surface area (Å²) in [4.78, 5) is 41.6. The number of benzene rings is 2. The van der Waals surface area contributed by atoms with E-state index in [-0.39, 0.29) is 17.7 Å². The maximum atomic E-state index is 13.1. The molecule has 3 rings (SSSR count). The Bertz CT molecular complexity index is 1150. The number of hydrogen-bond acceptors (Lipinski definition) is 6. The molecule has 7 heteroatoms. The summed E-state index contributed by atoms with van der Waals surface area (Å²) < 4.78 is 10.2. The van der Waals surface area contributed by atoms with Crippen LogP contribution in [0.25, 0.3) is 6.08 Å². The quantitative estimate of drug-likeness (QED) is 0.636. The van der Waals surface area contributed by atoms with Gasteiger partial charge in [0, 0.05) is 17.3 Å². The summed E-state index contributed by atoms with van der Waals surface area (Å²) in [5.74, 6) is -4.27. The SMILES string of the molecule is COC(=O)c1cccc(C2C(C(=O)OCC=Cc3ccccc3)=C(C)N=C(C)C2C(=O)O)c1. The zero-order valence-electron chi connectivity index (χ0n) is 18.6. The van der Waals surface area contributed by atoms with Gasteiger partial charge in [-0.1, -0.05) is 48.5 Å². The first-order chi connectivity index (χ1) is 15.8. The number of rotatable bonds is 7. The Labute approximate surface area is 192 Å². The predicted octanol–water partition coefficient (Wildman–Crippen LogP) is 4.26. The van der Waals surface area contributed by atoms with Crippen LogP contribution in [0.15, 0.2) is 76.9 Å². The summed E-state index contributed by atoms with van der Waals surface area (Å²) in [7, 11) is 1.27. The molecule has 1 heterocycles. The molecule has 1 aliphatic rings. The van der Waals surface area contributed by atoms with Crippen molar-refractivity contribution < 1.29 is 29.0 Å². The van der Waals surface area contributed by atoms with E-state index in [2.05, 4.69) is 4.99 Å². The van der Waals surface area contributed by atoms with E-state index in [0.717, 1.165) is 5.56 Å². The molecular formula is C26H25NO6. The van der Waals surface area contributed by atoms with Crippen LogP contribution in [-0.2, 0) is 19.1 Å². The number of hydrogen-bond donors (Lipinski definition) is 1. The molecular weight excluding hydrogens is 422 g/mol. The van der Waals surface area contributed by atoms with Gasteiger partial charge in [-0.05, 0) is 43.2 Å². The van der Waals surface area contributed by atoms with E-state index in [1.807, 2.05) is 36.4 Å². The lowest BCUT2D eigenvalue weighted by Gasteiger charge is -2.30. The minimum absolute atomic E-state index is 0.0138. The number of nitrogens with zero attached hydrogens (tertiary/aromatic N) is 1. The van der Waals surface area contributed by atoms with Crippen LogP contribution in [0.4, 0.5) is 0 Å². The number of carboxylic acid groups (broad SMARTS) is 1. The molecule has 2 atom stereocenters. The van der Waals surface area contributed by atoms with Crippen molar-refractivity contribution in [3.63, 3.8) is 0 Å². The fourth-order valence-electron chi connectivity index (χ4n) is 3.91. The summed E-state index contributed by atoms with van der Waals surface area (Å²) in [6.07, 6.45) is 3.54. The van der Waals surface area contributed by atoms with E-state index >= 15 is 0 Å². The van der Waals surface area contributed by atoms with Gasteiger partial charge >= 0.3 is 17.9 Å². The van der Waals surface area contributed by atoms with Crippen LogP contribution in [0.5, 0.6) is 0 Å². The number of aliphatic imine (C=N–C) groups is 1. The van der Waals surface area contributed by atoms with E-state index in [0.29, 0.717) is 17.0 Å². The second-order valence-corrected chi connectivity index (χ2v) is 7.57. The van der Waals surface area contributed by atoms with Gasteiger partial charge in [0.2, 0.25) is 0 Å². The first kappa shape index (κ1) is 23.7. The monoisotopic (exact) mass is 447 g/mol. The van der Waals surface area contributed by atoms with Gasteiger partial charge in [-0.2, -0.15) is 0 Å². The predicted molar refractivity (Wildman–Crippen MR) is 124 cm³/mol. The number of allylic oxidation sites excluding steroid dienone is 1. The maximum absolute atomic E-state index is 13.1. The largest absolute Gasteiger partial charge is 0.481 e. The Kier molecular flexibility index (Phi) is 7.56. The third-order valence-electron chi connectivity index (χ3n) is 5.40. The van der Waals surface area contributed by atoms with E-state index in [1.165, 1.54) is 7.11 Å². The van der Waals surface area contributed by atoms with Crippen LogP contribution < -0.4 is 0 Å². The maximum Gasteiger partial charge on any atom is 0.337 e. The van der Waals surface area contributed by atoms with Gasteiger partial charge in [0.05, 0.1) is 18.2 Å². The number of esters is 2. The third kappa shape index (κ3) is 5.44. The minimum atomic E-state index is -1.12. The van der Waals surface area contributed by atoms with Crippen molar-refractivity contribution in [2.75, 3.05) is 13.7 Å². The molecule has 0 fully saturated rings. The average Bonchev–Trinajstić information content (AvgIpc) is 2.81. The number of aliphatic carboxylic acids is 1. The van der Waals surface area contributed by atoms with Gasteiger partial charge in [0.25, 0.3) is 0 Å². The highest BCUT2D eigenvalue weighted by Crippen LogP contribution is 2.40. The Balaban J connectivity index is 1.93. The summed E-state index contributed by atoms with van der Waals surface area (Å²) in [5, 5.41) is 9.93. The highest BCUT2D eigenvalue weighted by atomic mass is 16.5. The van der Waals surface area contributed by atoms with Crippen molar-refractivity contribution in [2.45, 2.75) is 19.8 Å². The molecule has 1 aliphatic heterocycles. The number of ether oxygens (including phenoxy) is 2. The average molecular weight is 447 g/mol. The van der Waals surface area contributed by atoms with Crippen LogP contribution in [0.1, 0.15) is 41.3 Å². The van der Waals surface area contributed by atoms with E-state index in [4.69, 9.17) is 9.47 Å². The molecule has 0 radical (unpaired) electrons. The van der Waals surface area contributed by atoms with Crippen LogP contribution in [0.3, 0.4) is 0 Å². The zero-order chi connectivity index (χ0) is 24.0. The molecule has 0 saturated carbocycles.